The molecule has 0 radical (unpaired) electrons. The van der Waals surface area contributed by atoms with Gasteiger partial charge in [0, 0.05) is 24.1 Å². The zero-order chi connectivity index (χ0) is 28.2. The number of imidazole rings is 1. The van der Waals surface area contributed by atoms with Crippen LogP contribution < -0.4 is 15.6 Å². The van der Waals surface area contributed by atoms with Gasteiger partial charge in [-0.15, -0.1) is 0 Å². The second kappa shape index (κ2) is 8.60. The molecule has 12 heteroatoms. The van der Waals surface area contributed by atoms with Crippen LogP contribution in [-0.4, -0.2) is 21.2 Å². The number of halogens is 5. The molecule has 0 bridgehead atoms. The summed E-state index contributed by atoms with van der Waals surface area (Å²) in [5.41, 5.74) is 3.27. The number of hydrogen-bond acceptors (Lipinski definition) is 4. The van der Waals surface area contributed by atoms with E-state index in [9.17, 15) is 24.2 Å². The molecule has 5 rings (SSSR count). The third-order valence-corrected chi connectivity index (χ3v) is 7.95. The second-order valence-electron chi connectivity index (χ2n) is 9.82. The Morgan fingerprint density at radius 2 is 1.72 bits per heavy atom. The number of anilines is 2. The van der Waals surface area contributed by atoms with Gasteiger partial charge in [0.15, 0.2) is 0 Å². The topological polar surface area (TPSA) is 61.1 Å². The predicted molar refractivity (Wildman–Crippen MR) is 142 cm³/mol. The summed E-state index contributed by atoms with van der Waals surface area (Å²) in [5.74, 6) is 0.815. The van der Waals surface area contributed by atoms with E-state index < -0.39 is 26.7 Å². The van der Waals surface area contributed by atoms with Crippen LogP contribution in [0.25, 0.3) is 5.69 Å². The summed E-state index contributed by atoms with van der Waals surface area (Å²) in [5, 5.41) is 3.16. The maximum atomic E-state index is 13.5. The Labute approximate surface area is 221 Å². The Morgan fingerprint density at radius 3 is 2.28 bits per heavy atom. The number of pyridine rings is 1. The van der Waals surface area contributed by atoms with E-state index >= 15 is 0 Å². The quantitative estimate of drug-likeness (QED) is 0.218. The summed E-state index contributed by atoms with van der Waals surface area (Å²) in [6.45, 7) is 3.51. The summed E-state index contributed by atoms with van der Waals surface area (Å²) < 4.78 is 74.7. The monoisotopic (exact) mass is 566 g/mol. The maximum absolute atomic E-state index is 13.5. The van der Waals surface area contributed by atoms with E-state index in [1.165, 1.54) is 11.7 Å². The number of nitrogens with one attached hydrogen (secondary N) is 1. The number of aromatic nitrogens is 3. The lowest BCUT2D eigenvalue weighted by molar-refractivity contribution is 0.364. The molecular formula is C27H27F5N4O2S. The molecule has 1 aliphatic carbocycles. The molecule has 2 aromatic carbocycles. The SMILES string of the molecule is COc1cc(Nc2cc(C3CC3)cn([C@@H](C)c3ccc(S(F)(F)(F)(F)F)cc3)c2=O)ccc1-n1cnc(C)c1. The predicted octanol–water partition coefficient (Wildman–Crippen LogP) is 8.24. The first-order valence-electron chi connectivity index (χ1n) is 12.2. The molecule has 1 aliphatic rings. The first-order valence-corrected chi connectivity index (χ1v) is 14.1. The molecule has 4 aromatic rings. The lowest BCUT2D eigenvalue weighted by Gasteiger charge is -2.40. The van der Waals surface area contributed by atoms with Gasteiger partial charge in [-0.3, -0.25) is 4.79 Å². The van der Waals surface area contributed by atoms with Crippen molar-refractivity contribution in [2.24, 2.45) is 0 Å². The third-order valence-electron chi connectivity index (χ3n) is 6.79. The first-order chi connectivity index (χ1) is 18.1. The summed E-state index contributed by atoms with van der Waals surface area (Å²) >= 11 is 0. The molecule has 39 heavy (non-hydrogen) atoms. The molecule has 0 amide bonds. The minimum atomic E-state index is -9.79. The van der Waals surface area contributed by atoms with Crippen molar-refractivity contribution in [2.75, 3.05) is 12.4 Å². The van der Waals surface area contributed by atoms with E-state index in [1.54, 1.807) is 37.6 Å². The van der Waals surface area contributed by atoms with Gasteiger partial charge in [0.25, 0.3) is 5.56 Å². The summed E-state index contributed by atoms with van der Waals surface area (Å²) in [7, 11) is -8.25. The van der Waals surface area contributed by atoms with Crippen molar-refractivity contribution < 1.29 is 24.2 Å². The fraction of sp³-hybridized carbons (Fsp3) is 0.259. The van der Waals surface area contributed by atoms with Crippen LogP contribution in [0, 0.1) is 6.92 Å². The van der Waals surface area contributed by atoms with Gasteiger partial charge in [-0.2, -0.15) is 0 Å². The Kier molecular flexibility index (Phi) is 5.91. The number of ether oxygens (including phenoxy) is 1. The molecule has 208 valence electrons. The fourth-order valence-electron chi connectivity index (χ4n) is 4.48. The average molecular weight is 567 g/mol. The van der Waals surface area contributed by atoms with E-state index in [4.69, 9.17) is 4.74 Å². The third kappa shape index (κ3) is 5.65. The Balaban J connectivity index is 1.49. The highest BCUT2D eigenvalue weighted by Crippen LogP contribution is 3.02. The highest BCUT2D eigenvalue weighted by molar-refractivity contribution is 8.45. The molecule has 1 saturated carbocycles. The second-order valence-corrected chi connectivity index (χ2v) is 12.2. The molecule has 1 fully saturated rings. The Hall–Kier alpha value is -3.80. The highest BCUT2D eigenvalue weighted by Gasteiger charge is 2.65. The van der Waals surface area contributed by atoms with Gasteiger partial charge in [0.1, 0.15) is 16.3 Å². The summed E-state index contributed by atoms with van der Waals surface area (Å²) in [6, 6.07) is 9.17. The van der Waals surface area contributed by atoms with E-state index in [1.807, 2.05) is 23.8 Å². The van der Waals surface area contributed by atoms with Gasteiger partial charge in [-0.05, 0) is 74.1 Å². The van der Waals surface area contributed by atoms with Crippen LogP contribution in [0.2, 0.25) is 0 Å². The van der Waals surface area contributed by atoms with Crippen molar-refractivity contribution in [3.05, 3.63) is 94.4 Å². The number of hydrogen-bond donors (Lipinski definition) is 1. The molecule has 6 nitrogen and oxygen atoms in total. The number of benzene rings is 2. The molecule has 2 aromatic heterocycles. The smallest absolute Gasteiger partial charge is 0.310 e. The van der Waals surface area contributed by atoms with Gasteiger partial charge < -0.3 is 19.2 Å². The molecule has 1 atom stereocenters. The highest BCUT2D eigenvalue weighted by atomic mass is 32.5. The van der Waals surface area contributed by atoms with Crippen molar-refractivity contribution >= 4 is 21.6 Å². The average Bonchev–Trinajstić information content (AvgIpc) is 3.63. The lowest BCUT2D eigenvalue weighted by atomic mass is 10.1. The van der Waals surface area contributed by atoms with E-state index in [0.29, 0.717) is 29.1 Å². The normalized spacial score (nSPS) is 16.3. The van der Waals surface area contributed by atoms with Gasteiger partial charge >= 0.3 is 10.2 Å². The molecule has 1 N–H and O–H groups in total. The standard InChI is InChI=1S/C27H27F5N4O2S/c1-17-14-35(16-33-17)25-11-8-22(13-26(25)38-3)34-24-12-21(20-4-5-20)15-36(27(24)37)18(2)19-6-9-23(10-7-19)39(28,29,30,31)32/h6-16,18,20,34H,4-5H2,1-3H3/t18-/m0/s1. The van der Waals surface area contributed by atoms with E-state index in [0.717, 1.165) is 41.9 Å². The van der Waals surface area contributed by atoms with Crippen LogP contribution in [0.15, 0.2) is 76.9 Å². The number of nitrogens with zero attached hydrogens (tertiary/aromatic N) is 3. The largest absolute Gasteiger partial charge is 0.494 e. The van der Waals surface area contributed by atoms with Crippen LogP contribution in [0.4, 0.5) is 30.8 Å². The van der Waals surface area contributed by atoms with Crippen LogP contribution in [0.3, 0.4) is 0 Å². The number of aryl methyl sites for hydroxylation is 1. The molecule has 0 aliphatic heterocycles. The molecular weight excluding hydrogens is 539 g/mol. The van der Waals surface area contributed by atoms with E-state index in [2.05, 4.69) is 10.3 Å². The summed E-state index contributed by atoms with van der Waals surface area (Å²) in [6.07, 6.45) is 7.13. The molecule has 0 unspecified atom stereocenters. The van der Waals surface area contributed by atoms with E-state index in [-0.39, 0.29) is 11.6 Å². The molecule has 2 heterocycles. The van der Waals surface area contributed by atoms with Gasteiger partial charge in [0.05, 0.1) is 30.9 Å². The maximum Gasteiger partial charge on any atom is 0.310 e. The zero-order valence-corrected chi connectivity index (χ0v) is 22.2. The number of methoxy groups -OCH3 is 1. The Bertz CT molecular complexity index is 1610. The zero-order valence-electron chi connectivity index (χ0n) is 21.4. The molecule has 0 saturated heterocycles. The van der Waals surface area contributed by atoms with Gasteiger partial charge in [-0.25, -0.2) is 4.98 Å². The van der Waals surface area contributed by atoms with Gasteiger partial charge in [0.2, 0.25) is 0 Å². The van der Waals surface area contributed by atoms with Crippen molar-refractivity contribution in [1.82, 2.24) is 14.1 Å². The molecule has 0 spiro atoms. The van der Waals surface area contributed by atoms with Crippen LogP contribution in [0.1, 0.15) is 48.5 Å². The van der Waals surface area contributed by atoms with Crippen LogP contribution in [0.5, 0.6) is 5.75 Å². The Morgan fingerprint density at radius 1 is 1.03 bits per heavy atom. The minimum absolute atomic E-state index is 0.265. The van der Waals surface area contributed by atoms with Crippen molar-refractivity contribution in [2.45, 2.75) is 43.5 Å². The lowest BCUT2D eigenvalue weighted by Crippen LogP contribution is -2.26. The van der Waals surface area contributed by atoms with Crippen molar-refractivity contribution in [3.63, 3.8) is 0 Å². The fourth-order valence-corrected chi connectivity index (χ4v) is 5.13. The number of rotatable bonds is 8. The van der Waals surface area contributed by atoms with Crippen molar-refractivity contribution in [3.8, 4) is 11.4 Å². The minimum Gasteiger partial charge on any atom is -0.494 e. The van der Waals surface area contributed by atoms with Crippen LogP contribution in [-0.2, 0) is 0 Å². The van der Waals surface area contributed by atoms with Crippen molar-refractivity contribution in [1.29, 1.82) is 0 Å². The summed E-state index contributed by atoms with van der Waals surface area (Å²) in [4.78, 5) is 15.8. The van der Waals surface area contributed by atoms with Crippen LogP contribution >= 0.6 is 10.2 Å². The first kappa shape index (κ1) is 26.8. The van der Waals surface area contributed by atoms with Gasteiger partial charge in [-0.1, -0.05) is 31.6 Å².